The number of carboxylic acid groups (broad SMARTS) is 1. The van der Waals surface area contributed by atoms with Crippen molar-refractivity contribution in [3.05, 3.63) is 60.0 Å². The molecule has 0 bridgehead atoms. The number of nitrogens with zero attached hydrogens (tertiary/aromatic N) is 1. The molecule has 2 aromatic carbocycles. The van der Waals surface area contributed by atoms with Gasteiger partial charge in [0.1, 0.15) is 17.5 Å². The van der Waals surface area contributed by atoms with Crippen LogP contribution in [0.25, 0.3) is 11.3 Å². The molecule has 13 heteroatoms. The van der Waals surface area contributed by atoms with Gasteiger partial charge < -0.3 is 20.5 Å². The largest absolute Gasteiger partial charge is 0.465 e. The van der Waals surface area contributed by atoms with Gasteiger partial charge in [0.15, 0.2) is 5.13 Å². The van der Waals surface area contributed by atoms with Gasteiger partial charge in [-0.1, -0.05) is 18.2 Å². The Morgan fingerprint density at radius 1 is 1.06 bits per heavy atom. The molecule has 0 aliphatic carbocycles. The molecule has 186 valence electrons. The van der Waals surface area contributed by atoms with Crippen molar-refractivity contribution in [1.82, 2.24) is 15.0 Å². The van der Waals surface area contributed by atoms with Crippen LogP contribution < -0.4 is 25.2 Å². The molecule has 1 heterocycles. The Morgan fingerprint density at radius 2 is 1.74 bits per heavy atom. The van der Waals surface area contributed by atoms with Gasteiger partial charge in [0.2, 0.25) is 5.91 Å². The zero-order valence-electron chi connectivity index (χ0n) is 18.5. The number of hydrogen-bond donors (Lipinski definition) is 5. The van der Waals surface area contributed by atoms with Crippen molar-refractivity contribution in [3.8, 4) is 22.8 Å². The maximum absolute atomic E-state index is 12.6. The molecule has 1 unspecified atom stereocenters. The Balaban J connectivity index is 1.56. The highest BCUT2D eigenvalue weighted by Crippen LogP contribution is 2.28. The van der Waals surface area contributed by atoms with Crippen LogP contribution in [-0.2, 0) is 15.0 Å². The first-order valence-electron chi connectivity index (χ1n) is 10.6. The molecule has 0 fully saturated rings. The van der Waals surface area contributed by atoms with Crippen LogP contribution in [0.3, 0.4) is 0 Å². The third-order valence-corrected chi connectivity index (χ3v) is 6.06. The molecule has 1 atom stereocenters. The zero-order chi connectivity index (χ0) is 25.3. The van der Waals surface area contributed by atoms with E-state index in [1.165, 1.54) is 11.3 Å². The van der Waals surface area contributed by atoms with E-state index in [-0.39, 0.29) is 13.0 Å². The Labute approximate surface area is 206 Å². The van der Waals surface area contributed by atoms with Crippen molar-refractivity contribution in [2.24, 2.45) is 5.14 Å². The molecular formula is C22H25N5O6S2. The molecule has 1 aromatic heterocycles. The standard InChI is InChI=1S/C22H25N5O6S2/c23-35(31,32)24-13-5-4-8-18(26-22(29)30)20(28)27-21-25-19(14-34-21)15-9-11-17(12-10-15)33-16-6-2-1-3-7-16/h1-3,6-7,9-12,14,18,24,26H,4-5,8,13H2,(H,29,30)(H2,23,31,32)(H,25,27,28). The van der Waals surface area contributed by atoms with Gasteiger partial charge in [0, 0.05) is 17.5 Å². The van der Waals surface area contributed by atoms with Gasteiger partial charge >= 0.3 is 6.09 Å². The highest BCUT2D eigenvalue weighted by Gasteiger charge is 2.21. The lowest BCUT2D eigenvalue weighted by Gasteiger charge is -2.15. The van der Waals surface area contributed by atoms with Crippen LogP contribution in [0.4, 0.5) is 9.93 Å². The van der Waals surface area contributed by atoms with Crippen LogP contribution in [0.5, 0.6) is 11.5 Å². The number of para-hydroxylation sites is 1. The van der Waals surface area contributed by atoms with E-state index in [4.69, 9.17) is 15.0 Å². The number of carbonyl (C=O) groups excluding carboxylic acids is 1. The zero-order valence-corrected chi connectivity index (χ0v) is 20.1. The van der Waals surface area contributed by atoms with E-state index >= 15 is 0 Å². The fourth-order valence-electron chi connectivity index (χ4n) is 3.08. The number of rotatable bonds is 12. The maximum Gasteiger partial charge on any atom is 0.405 e. The number of carbonyl (C=O) groups is 2. The Kier molecular flexibility index (Phi) is 9.14. The lowest BCUT2D eigenvalue weighted by atomic mass is 10.1. The van der Waals surface area contributed by atoms with E-state index in [1.807, 2.05) is 54.6 Å². The quantitative estimate of drug-likeness (QED) is 0.229. The van der Waals surface area contributed by atoms with Crippen molar-refractivity contribution in [3.63, 3.8) is 0 Å². The van der Waals surface area contributed by atoms with E-state index < -0.39 is 28.3 Å². The summed E-state index contributed by atoms with van der Waals surface area (Å²) in [6.45, 7) is 0.0886. The Bertz CT molecular complexity index is 1230. The summed E-state index contributed by atoms with van der Waals surface area (Å²) in [5, 5.41) is 20.8. The third-order valence-electron chi connectivity index (χ3n) is 4.70. The monoisotopic (exact) mass is 519 g/mol. The summed E-state index contributed by atoms with van der Waals surface area (Å²) in [4.78, 5) is 28.1. The van der Waals surface area contributed by atoms with Crippen molar-refractivity contribution >= 4 is 38.7 Å². The molecule has 0 radical (unpaired) electrons. The number of anilines is 1. The lowest BCUT2D eigenvalue weighted by molar-refractivity contribution is -0.118. The Morgan fingerprint density at radius 3 is 2.40 bits per heavy atom. The number of nitrogens with one attached hydrogen (secondary N) is 3. The summed E-state index contributed by atoms with van der Waals surface area (Å²) in [5.74, 6) is 0.842. The minimum atomic E-state index is -3.79. The van der Waals surface area contributed by atoms with Crippen LogP contribution in [0.2, 0.25) is 0 Å². The summed E-state index contributed by atoms with van der Waals surface area (Å²) in [6, 6.07) is 15.7. The normalized spacial score (nSPS) is 12.0. The molecule has 11 nitrogen and oxygen atoms in total. The minimum absolute atomic E-state index is 0.0886. The second kappa shape index (κ2) is 12.3. The van der Waals surface area contributed by atoms with Gasteiger partial charge in [-0.25, -0.2) is 19.6 Å². The van der Waals surface area contributed by atoms with Crippen LogP contribution in [-0.4, -0.2) is 43.1 Å². The molecule has 0 aliphatic rings. The van der Waals surface area contributed by atoms with E-state index in [0.717, 1.165) is 11.3 Å². The Hall–Kier alpha value is -3.52. The summed E-state index contributed by atoms with van der Waals surface area (Å²) < 4.78 is 29.7. The van der Waals surface area contributed by atoms with Gasteiger partial charge in [-0.2, -0.15) is 8.42 Å². The predicted octanol–water partition coefficient (Wildman–Crippen LogP) is 3.14. The van der Waals surface area contributed by atoms with Gasteiger partial charge in [0.05, 0.1) is 5.69 Å². The topological polar surface area (TPSA) is 173 Å². The molecule has 0 aliphatic heterocycles. The number of benzene rings is 2. The highest BCUT2D eigenvalue weighted by atomic mass is 32.2. The van der Waals surface area contributed by atoms with Gasteiger partial charge in [0.25, 0.3) is 10.2 Å². The van der Waals surface area contributed by atoms with Crippen molar-refractivity contribution < 1.29 is 27.9 Å². The number of unbranched alkanes of at least 4 members (excludes halogenated alkanes) is 1. The molecule has 0 spiro atoms. The summed E-state index contributed by atoms with van der Waals surface area (Å²) in [6.07, 6.45) is -0.398. The predicted molar refractivity (Wildman–Crippen MR) is 133 cm³/mol. The van der Waals surface area contributed by atoms with E-state index in [2.05, 4.69) is 20.3 Å². The van der Waals surface area contributed by atoms with Gasteiger partial charge in [-0.3, -0.25) is 4.79 Å². The first-order valence-corrected chi connectivity index (χ1v) is 13.0. The molecule has 0 saturated heterocycles. The van der Waals surface area contributed by atoms with Crippen LogP contribution in [0, 0.1) is 0 Å². The number of hydrogen-bond acceptors (Lipinski definition) is 7. The average Bonchev–Trinajstić information content (AvgIpc) is 3.26. The van der Waals surface area contributed by atoms with Crippen LogP contribution in [0.1, 0.15) is 19.3 Å². The van der Waals surface area contributed by atoms with Gasteiger partial charge in [-0.15, -0.1) is 11.3 Å². The van der Waals surface area contributed by atoms with Crippen LogP contribution >= 0.6 is 11.3 Å². The molecule has 35 heavy (non-hydrogen) atoms. The molecule has 2 amide bonds. The fraction of sp³-hybridized carbons (Fsp3) is 0.227. The number of ether oxygens (including phenoxy) is 1. The second-order valence-corrected chi connectivity index (χ2v) is 9.64. The third kappa shape index (κ3) is 8.98. The minimum Gasteiger partial charge on any atom is -0.465 e. The smallest absolute Gasteiger partial charge is 0.405 e. The first kappa shape index (κ1) is 26.1. The molecular weight excluding hydrogens is 494 g/mol. The fourth-order valence-corrected chi connectivity index (χ4v) is 4.23. The van der Waals surface area contributed by atoms with Crippen molar-refractivity contribution in [2.45, 2.75) is 25.3 Å². The van der Waals surface area contributed by atoms with Crippen molar-refractivity contribution in [1.29, 1.82) is 0 Å². The molecule has 3 rings (SSSR count). The number of aromatic nitrogens is 1. The summed E-state index contributed by atoms with van der Waals surface area (Å²) in [7, 11) is -3.79. The lowest BCUT2D eigenvalue weighted by Crippen LogP contribution is -2.43. The van der Waals surface area contributed by atoms with E-state index in [9.17, 15) is 18.0 Å². The van der Waals surface area contributed by atoms with E-state index in [1.54, 1.807) is 5.38 Å². The summed E-state index contributed by atoms with van der Waals surface area (Å²) >= 11 is 1.21. The number of amides is 2. The van der Waals surface area contributed by atoms with E-state index in [0.29, 0.717) is 29.4 Å². The highest BCUT2D eigenvalue weighted by molar-refractivity contribution is 7.87. The number of thiazole rings is 1. The molecule has 3 aromatic rings. The maximum atomic E-state index is 12.6. The second-order valence-electron chi connectivity index (χ2n) is 7.40. The van der Waals surface area contributed by atoms with Crippen molar-refractivity contribution in [2.75, 3.05) is 11.9 Å². The number of nitrogens with two attached hydrogens (primary N) is 1. The molecule has 0 saturated carbocycles. The average molecular weight is 520 g/mol. The van der Waals surface area contributed by atoms with Crippen LogP contribution in [0.15, 0.2) is 60.0 Å². The summed E-state index contributed by atoms with van der Waals surface area (Å²) in [5.41, 5.74) is 1.47. The first-order chi connectivity index (χ1) is 16.7. The van der Waals surface area contributed by atoms with Gasteiger partial charge in [-0.05, 0) is 55.7 Å². The SMILES string of the molecule is NS(=O)(=O)NCCCCC(NC(=O)O)C(=O)Nc1nc(-c2ccc(Oc3ccccc3)cc2)cs1. The molecule has 6 N–H and O–H groups in total.